The van der Waals surface area contributed by atoms with Crippen molar-refractivity contribution >= 4 is 81.6 Å². The highest BCUT2D eigenvalue weighted by Crippen LogP contribution is 2.50. The lowest BCUT2D eigenvalue weighted by Gasteiger charge is -2.05. The van der Waals surface area contributed by atoms with E-state index >= 15 is 0 Å². The number of hydrogen-bond acceptors (Lipinski definition) is 1. The van der Waals surface area contributed by atoms with E-state index in [2.05, 4.69) is 95.4 Å². The molecule has 0 bridgehead atoms. The first-order valence-electron chi connectivity index (χ1n) is 12.4. The first-order valence-corrected chi connectivity index (χ1v) is 12.4. The lowest BCUT2D eigenvalue weighted by molar-refractivity contribution is 0.669. The summed E-state index contributed by atoms with van der Waals surface area (Å²) in [4.78, 5) is 0. The van der Waals surface area contributed by atoms with Gasteiger partial charge in [0.25, 0.3) is 0 Å². The van der Waals surface area contributed by atoms with Gasteiger partial charge >= 0.3 is 0 Å². The summed E-state index contributed by atoms with van der Waals surface area (Å²) in [6.45, 7) is 0. The predicted molar refractivity (Wildman–Crippen MR) is 151 cm³/mol. The number of benzene rings is 6. The van der Waals surface area contributed by atoms with Crippen LogP contribution in [0.15, 0.2) is 108 Å². The first-order chi connectivity index (χ1) is 17.8. The van der Waals surface area contributed by atoms with E-state index in [-0.39, 0.29) is 0 Å². The molecule has 0 radical (unpaired) electrons. The van der Waals surface area contributed by atoms with E-state index in [1.165, 1.54) is 81.5 Å². The van der Waals surface area contributed by atoms with Gasteiger partial charge in [-0.05, 0) is 58.3 Å². The largest absolute Gasteiger partial charge is 0.456 e. The molecule has 0 saturated heterocycles. The Bertz CT molecular complexity index is 2470. The average Bonchev–Trinajstić information content (AvgIpc) is 3.65. The number of hydrogen-bond donors (Lipinski definition) is 0. The fourth-order valence-electron chi connectivity index (χ4n) is 6.94. The minimum atomic E-state index is 0.936. The highest BCUT2D eigenvalue weighted by atomic mass is 16.3. The molecular weight excluding hydrogens is 438 g/mol. The van der Waals surface area contributed by atoms with Crippen molar-refractivity contribution in [1.82, 2.24) is 4.40 Å². The van der Waals surface area contributed by atoms with Crippen LogP contribution in [0.4, 0.5) is 0 Å². The molecule has 0 aliphatic carbocycles. The van der Waals surface area contributed by atoms with Gasteiger partial charge in [0.05, 0.1) is 16.6 Å². The summed E-state index contributed by atoms with van der Waals surface area (Å²) in [5.41, 5.74) is 8.40. The van der Waals surface area contributed by atoms with Crippen LogP contribution in [0.5, 0.6) is 0 Å². The number of aromatic nitrogens is 1. The zero-order valence-electron chi connectivity index (χ0n) is 19.2. The molecule has 10 aromatic rings. The molecule has 10 rings (SSSR count). The van der Waals surface area contributed by atoms with Crippen LogP contribution < -0.4 is 0 Å². The van der Waals surface area contributed by atoms with E-state index in [1.807, 2.05) is 12.1 Å². The topological polar surface area (TPSA) is 17.6 Å². The van der Waals surface area contributed by atoms with Gasteiger partial charge in [-0.25, -0.2) is 0 Å². The zero-order chi connectivity index (χ0) is 23.1. The number of rotatable bonds is 1. The Kier molecular flexibility index (Phi) is 2.78. The highest BCUT2D eigenvalue weighted by molar-refractivity contribution is 6.38. The monoisotopic (exact) mass is 455 g/mol. The second-order valence-corrected chi connectivity index (χ2v) is 10.1. The number of fused-ring (bicyclic) bond motifs is 8. The van der Waals surface area contributed by atoms with E-state index in [1.54, 1.807) is 0 Å². The first kappa shape index (κ1) is 17.6. The second-order valence-electron chi connectivity index (χ2n) is 10.1. The fraction of sp³-hybridized carbons (Fsp3) is 0. The summed E-state index contributed by atoms with van der Waals surface area (Å²) in [5.74, 6) is 0. The van der Waals surface area contributed by atoms with E-state index in [9.17, 15) is 0 Å². The lowest BCUT2D eigenvalue weighted by atomic mass is 9.97. The minimum absolute atomic E-state index is 0.936. The van der Waals surface area contributed by atoms with Crippen LogP contribution in [0.25, 0.3) is 92.7 Å². The maximum Gasteiger partial charge on any atom is 0.135 e. The summed E-state index contributed by atoms with van der Waals surface area (Å²) in [7, 11) is 0. The standard InChI is InChI=1S/C34H17NO/c1-2-7-21-19(6-1)15-27-24-10-5-9-23-26-16-20(17-28-31(21)34(27)35(32(23)24)33(26)28)18-12-13-30-25(14-18)22-8-3-4-11-29(22)36-30/h1-17H. The molecule has 0 saturated carbocycles. The molecule has 2 nitrogen and oxygen atoms in total. The van der Waals surface area contributed by atoms with E-state index < -0.39 is 0 Å². The van der Waals surface area contributed by atoms with Crippen LogP contribution in [-0.2, 0) is 0 Å². The molecule has 0 N–H and O–H groups in total. The Balaban J connectivity index is 1.42. The molecule has 0 amide bonds. The number of furan rings is 1. The summed E-state index contributed by atoms with van der Waals surface area (Å²) in [6, 6.07) is 37.7. The minimum Gasteiger partial charge on any atom is -0.456 e. The van der Waals surface area contributed by atoms with Gasteiger partial charge in [-0.15, -0.1) is 0 Å². The smallest absolute Gasteiger partial charge is 0.135 e. The Hall–Kier alpha value is -4.82. The van der Waals surface area contributed by atoms with Crippen LogP contribution in [0, 0.1) is 0 Å². The van der Waals surface area contributed by atoms with Gasteiger partial charge in [0.15, 0.2) is 0 Å². The van der Waals surface area contributed by atoms with Crippen molar-refractivity contribution in [3.63, 3.8) is 0 Å². The van der Waals surface area contributed by atoms with Gasteiger partial charge < -0.3 is 8.82 Å². The molecule has 4 aromatic heterocycles. The Morgan fingerprint density at radius 3 is 2.00 bits per heavy atom. The number of nitrogens with zero attached hydrogens (tertiary/aromatic N) is 1. The van der Waals surface area contributed by atoms with Crippen LogP contribution in [-0.4, -0.2) is 4.40 Å². The third-order valence-corrected chi connectivity index (χ3v) is 8.40. The van der Waals surface area contributed by atoms with Crippen molar-refractivity contribution in [2.45, 2.75) is 0 Å². The van der Waals surface area contributed by atoms with Gasteiger partial charge in [0.1, 0.15) is 11.2 Å². The molecule has 6 aromatic carbocycles. The van der Waals surface area contributed by atoms with Crippen molar-refractivity contribution < 1.29 is 4.42 Å². The van der Waals surface area contributed by atoms with E-state index in [0.29, 0.717) is 0 Å². The maximum absolute atomic E-state index is 6.11. The molecule has 36 heavy (non-hydrogen) atoms. The molecule has 0 fully saturated rings. The predicted octanol–water partition coefficient (Wildman–Crippen LogP) is 9.59. The van der Waals surface area contributed by atoms with Gasteiger partial charge in [-0.2, -0.15) is 0 Å². The fourth-order valence-corrected chi connectivity index (χ4v) is 6.94. The number of para-hydroxylation sites is 2. The van der Waals surface area contributed by atoms with Crippen LogP contribution in [0.3, 0.4) is 0 Å². The van der Waals surface area contributed by atoms with Crippen molar-refractivity contribution in [3.8, 4) is 11.1 Å². The van der Waals surface area contributed by atoms with Crippen molar-refractivity contribution in [2.24, 2.45) is 0 Å². The molecule has 0 aliphatic heterocycles. The zero-order valence-corrected chi connectivity index (χ0v) is 19.2. The third kappa shape index (κ3) is 1.84. The third-order valence-electron chi connectivity index (χ3n) is 8.40. The molecule has 164 valence electrons. The molecular formula is C34H17NO. The summed E-state index contributed by atoms with van der Waals surface area (Å²) < 4.78 is 8.64. The Morgan fingerprint density at radius 2 is 1.08 bits per heavy atom. The lowest BCUT2D eigenvalue weighted by Crippen LogP contribution is -1.80. The van der Waals surface area contributed by atoms with Crippen molar-refractivity contribution in [1.29, 1.82) is 0 Å². The molecule has 0 spiro atoms. The van der Waals surface area contributed by atoms with Gasteiger partial charge in [0, 0.05) is 43.1 Å². The summed E-state index contributed by atoms with van der Waals surface area (Å²) in [6.07, 6.45) is 0. The maximum atomic E-state index is 6.11. The van der Waals surface area contributed by atoms with Gasteiger partial charge in [0.2, 0.25) is 0 Å². The van der Waals surface area contributed by atoms with Gasteiger partial charge in [-0.3, -0.25) is 0 Å². The van der Waals surface area contributed by atoms with E-state index in [4.69, 9.17) is 4.42 Å². The quantitative estimate of drug-likeness (QED) is 0.241. The Labute approximate surface area is 204 Å². The molecule has 0 atom stereocenters. The van der Waals surface area contributed by atoms with E-state index in [0.717, 1.165) is 11.2 Å². The highest BCUT2D eigenvalue weighted by Gasteiger charge is 2.26. The van der Waals surface area contributed by atoms with Crippen molar-refractivity contribution in [2.75, 3.05) is 0 Å². The second kappa shape index (κ2) is 5.69. The van der Waals surface area contributed by atoms with Crippen LogP contribution in [0.2, 0.25) is 0 Å². The van der Waals surface area contributed by atoms with Crippen LogP contribution >= 0.6 is 0 Å². The van der Waals surface area contributed by atoms with Gasteiger partial charge in [-0.1, -0.05) is 66.7 Å². The normalized spacial score (nSPS) is 13.0. The Morgan fingerprint density at radius 1 is 0.417 bits per heavy atom. The average molecular weight is 456 g/mol. The molecule has 4 heterocycles. The molecule has 0 unspecified atom stereocenters. The summed E-state index contributed by atoms with van der Waals surface area (Å²) in [5, 5.41) is 13.1. The van der Waals surface area contributed by atoms with Crippen molar-refractivity contribution in [3.05, 3.63) is 103 Å². The molecule has 0 aliphatic rings. The SMILES string of the molecule is c1ccc2c(c1)cc1c3cccc4c5cc(-c6ccc7oc8ccccc8c7c6)cc6c2c1n(c43)c56. The van der Waals surface area contributed by atoms with Crippen LogP contribution in [0.1, 0.15) is 0 Å². The summed E-state index contributed by atoms with van der Waals surface area (Å²) >= 11 is 0. The molecule has 2 heteroatoms.